The molecular formula is C13H15ClN4O2S. The summed E-state index contributed by atoms with van der Waals surface area (Å²) in [6.07, 6.45) is 2.27. The molecule has 0 aliphatic carbocycles. The third-order valence-corrected chi connectivity index (χ3v) is 5.33. The van der Waals surface area contributed by atoms with Gasteiger partial charge in [0, 0.05) is 19.3 Å². The minimum atomic E-state index is -3.76. The van der Waals surface area contributed by atoms with Crippen LogP contribution in [0.4, 0.5) is 5.69 Å². The van der Waals surface area contributed by atoms with E-state index in [0.717, 1.165) is 25.1 Å². The second-order valence-corrected chi connectivity index (χ2v) is 6.94. The summed E-state index contributed by atoms with van der Waals surface area (Å²) in [6.45, 7) is 1.69. The molecule has 0 amide bonds. The van der Waals surface area contributed by atoms with E-state index in [1.54, 1.807) is 6.07 Å². The maximum Gasteiger partial charge on any atom is 0.280 e. The van der Waals surface area contributed by atoms with Gasteiger partial charge in [-0.1, -0.05) is 17.7 Å². The monoisotopic (exact) mass is 326 g/mol. The Morgan fingerprint density at radius 3 is 2.90 bits per heavy atom. The number of halogens is 1. The van der Waals surface area contributed by atoms with Gasteiger partial charge in [0.2, 0.25) is 0 Å². The molecule has 0 fully saturated rings. The van der Waals surface area contributed by atoms with Crippen molar-refractivity contribution in [3.63, 3.8) is 0 Å². The Hall–Kier alpha value is -1.57. The fraction of sp³-hybridized carbons (Fsp3) is 0.308. The van der Waals surface area contributed by atoms with Crippen LogP contribution < -0.4 is 10.0 Å². The second-order valence-electron chi connectivity index (χ2n) is 4.94. The first-order valence-electron chi connectivity index (χ1n) is 6.50. The number of fused-ring (bicyclic) bond motifs is 1. The Bertz CT molecular complexity index is 766. The summed E-state index contributed by atoms with van der Waals surface area (Å²) >= 11 is 5.90. The van der Waals surface area contributed by atoms with E-state index in [2.05, 4.69) is 15.1 Å². The van der Waals surface area contributed by atoms with Crippen LogP contribution in [0, 0.1) is 0 Å². The number of hydrogen-bond donors (Lipinski definition) is 2. The van der Waals surface area contributed by atoms with Gasteiger partial charge in [-0.15, -0.1) is 0 Å². The molecule has 6 nitrogen and oxygen atoms in total. The van der Waals surface area contributed by atoms with Crippen LogP contribution in [0.15, 0.2) is 29.4 Å². The molecule has 2 heterocycles. The lowest BCUT2D eigenvalue weighted by molar-refractivity contribution is 0.582. The molecule has 0 unspecified atom stereocenters. The number of sulfonamides is 1. The quantitative estimate of drug-likeness (QED) is 0.896. The lowest BCUT2D eigenvalue weighted by atomic mass is 10.0. The number of rotatable bonds is 3. The highest BCUT2D eigenvalue weighted by Crippen LogP contribution is 2.24. The number of benzene rings is 1. The second kappa shape index (κ2) is 5.32. The van der Waals surface area contributed by atoms with Crippen molar-refractivity contribution in [3.8, 4) is 0 Å². The molecule has 2 N–H and O–H groups in total. The number of nitrogens with one attached hydrogen (secondary N) is 2. The van der Waals surface area contributed by atoms with Crippen LogP contribution in [0.3, 0.4) is 0 Å². The molecule has 1 aliphatic rings. The Kier molecular flexibility index (Phi) is 3.64. The molecule has 0 atom stereocenters. The van der Waals surface area contributed by atoms with Crippen molar-refractivity contribution in [3.05, 3.63) is 40.5 Å². The Balaban J connectivity index is 1.93. The van der Waals surface area contributed by atoms with Crippen molar-refractivity contribution in [2.75, 3.05) is 11.3 Å². The zero-order chi connectivity index (χ0) is 15.0. The average Bonchev–Trinajstić information content (AvgIpc) is 2.78. The summed E-state index contributed by atoms with van der Waals surface area (Å²) in [6, 6.07) is 5.58. The molecule has 21 heavy (non-hydrogen) atoms. The summed E-state index contributed by atoms with van der Waals surface area (Å²) in [5.74, 6) is 0. The predicted molar refractivity (Wildman–Crippen MR) is 80.9 cm³/mol. The standard InChI is InChI=1S/C13H15ClN4O2S/c1-18-13(12(14)8-16-18)21(19,20)17-11-3-2-9-4-5-15-7-10(9)6-11/h2-3,6,8,15,17H,4-5,7H2,1H3. The van der Waals surface area contributed by atoms with Gasteiger partial charge in [-0.25, -0.2) is 0 Å². The lowest BCUT2D eigenvalue weighted by Gasteiger charge is -2.18. The fourth-order valence-corrected chi connectivity index (χ4v) is 4.16. The van der Waals surface area contributed by atoms with Crippen LogP contribution in [0.25, 0.3) is 0 Å². The molecule has 112 valence electrons. The minimum absolute atomic E-state index is 0.0417. The first kappa shape index (κ1) is 14.4. The molecular weight excluding hydrogens is 312 g/mol. The van der Waals surface area contributed by atoms with Crippen LogP contribution >= 0.6 is 11.6 Å². The van der Waals surface area contributed by atoms with Crippen LogP contribution in [-0.4, -0.2) is 24.7 Å². The number of aryl methyl sites for hydroxylation is 1. The SMILES string of the molecule is Cn1ncc(Cl)c1S(=O)(=O)Nc1ccc2c(c1)CNCC2. The third-order valence-electron chi connectivity index (χ3n) is 3.44. The van der Waals surface area contributed by atoms with Gasteiger partial charge in [-0.2, -0.15) is 13.5 Å². The van der Waals surface area contributed by atoms with E-state index in [0.29, 0.717) is 5.69 Å². The normalized spacial score (nSPS) is 14.8. The maximum atomic E-state index is 12.4. The number of anilines is 1. The van der Waals surface area contributed by atoms with Gasteiger partial charge < -0.3 is 5.32 Å². The van der Waals surface area contributed by atoms with Crippen molar-refractivity contribution in [1.82, 2.24) is 15.1 Å². The van der Waals surface area contributed by atoms with E-state index in [4.69, 9.17) is 11.6 Å². The smallest absolute Gasteiger partial charge is 0.280 e. The van der Waals surface area contributed by atoms with Crippen molar-refractivity contribution >= 4 is 27.3 Å². The van der Waals surface area contributed by atoms with Gasteiger partial charge in [-0.05, 0) is 36.2 Å². The van der Waals surface area contributed by atoms with Gasteiger partial charge in [0.05, 0.1) is 11.2 Å². The van der Waals surface area contributed by atoms with Gasteiger partial charge in [-0.3, -0.25) is 9.40 Å². The van der Waals surface area contributed by atoms with Crippen molar-refractivity contribution < 1.29 is 8.42 Å². The molecule has 1 aliphatic heterocycles. The van der Waals surface area contributed by atoms with E-state index in [-0.39, 0.29) is 10.0 Å². The van der Waals surface area contributed by atoms with Crippen molar-refractivity contribution in [1.29, 1.82) is 0 Å². The van der Waals surface area contributed by atoms with E-state index < -0.39 is 10.0 Å². The topological polar surface area (TPSA) is 76.0 Å². The van der Waals surface area contributed by atoms with Gasteiger partial charge in [0.25, 0.3) is 10.0 Å². The highest BCUT2D eigenvalue weighted by Gasteiger charge is 2.23. The van der Waals surface area contributed by atoms with Gasteiger partial charge in [0.15, 0.2) is 5.03 Å². The van der Waals surface area contributed by atoms with E-state index >= 15 is 0 Å². The summed E-state index contributed by atoms with van der Waals surface area (Å²) < 4.78 is 28.6. The summed E-state index contributed by atoms with van der Waals surface area (Å²) in [5, 5.41) is 7.17. The third kappa shape index (κ3) is 2.76. The Morgan fingerprint density at radius 1 is 1.38 bits per heavy atom. The lowest BCUT2D eigenvalue weighted by Crippen LogP contribution is -2.24. The van der Waals surface area contributed by atoms with Crippen LogP contribution in [0.2, 0.25) is 5.02 Å². The molecule has 0 bridgehead atoms. The highest BCUT2D eigenvalue weighted by molar-refractivity contribution is 7.92. The maximum absolute atomic E-state index is 12.4. The summed E-state index contributed by atoms with van der Waals surface area (Å²) in [5.41, 5.74) is 2.88. The van der Waals surface area contributed by atoms with Crippen molar-refractivity contribution in [2.24, 2.45) is 7.05 Å². The van der Waals surface area contributed by atoms with Gasteiger partial charge in [0.1, 0.15) is 0 Å². The fourth-order valence-electron chi connectivity index (χ4n) is 2.45. The van der Waals surface area contributed by atoms with E-state index in [1.807, 2.05) is 12.1 Å². The first-order chi connectivity index (χ1) is 9.97. The van der Waals surface area contributed by atoms with Crippen molar-refractivity contribution in [2.45, 2.75) is 18.0 Å². The van der Waals surface area contributed by atoms with Gasteiger partial charge >= 0.3 is 0 Å². The largest absolute Gasteiger partial charge is 0.312 e. The molecule has 0 saturated heterocycles. The molecule has 8 heteroatoms. The minimum Gasteiger partial charge on any atom is -0.312 e. The zero-order valence-electron chi connectivity index (χ0n) is 11.4. The molecule has 1 aromatic carbocycles. The molecule has 1 aromatic heterocycles. The van der Waals surface area contributed by atoms with Crippen LogP contribution in [-0.2, 0) is 30.0 Å². The zero-order valence-corrected chi connectivity index (χ0v) is 13.0. The molecule has 2 aromatic rings. The molecule has 0 radical (unpaired) electrons. The van der Waals surface area contributed by atoms with E-state index in [9.17, 15) is 8.42 Å². The number of aromatic nitrogens is 2. The number of hydrogen-bond acceptors (Lipinski definition) is 4. The van der Waals surface area contributed by atoms with Crippen LogP contribution in [0.5, 0.6) is 0 Å². The predicted octanol–water partition coefficient (Wildman–Crippen LogP) is 1.52. The average molecular weight is 327 g/mol. The number of nitrogens with zero attached hydrogens (tertiary/aromatic N) is 2. The molecule has 0 saturated carbocycles. The Morgan fingerprint density at radius 2 is 2.19 bits per heavy atom. The summed E-state index contributed by atoms with van der Waals surface area (Å²) in [7, 11) is -2.22. The highest BCUT2D eigenvalue weighted by atomic mass is 35.5. The van der Waals surface area contributed by atoms with Crippen LogP contribution in [0.1, 0.15) is 11.1 Å². The molecule has 0 spiro atoms. The Labute approximate surface area is 128 Å². The molecule has 3 rings (SSSR count). The first-order valence-corrected chi connectivity index (χ1v) is 8.36. The van der Waals surface area contributed by atoms with E-state index in [1.165, 1.54) is 23.5 Å². The summed E-state index contributed by atoms with van der Waals surface area (Å²) in [4.78, 5) is 0.